The number of allylic oxidation sites excluding steroid dienone is 3. The smallest absolute Gasteiger partial charge is 0.336 e. The zero-order valence-electron chi connectivity index (χ0n) is 19.7. The second-order valence-electron chi connectivity index (χ2n) is 9.57. The van der Waals surface area contributed by atoms with Gasteiger partial charge in [-0.1, -0.05) is 56.3 Å². The van der Waals surface area contributed by atoms with Gasteiger partial charge in [-0.2, -0.15) is 0 Å². The molecule has 0 aromatic heterocycles. The number of ketones is 1. The van der Waals surface area contributed by atoms with Crippen LogP contribution in [-0.4, -0.2) is 25.5 Å². The fraction of sp³-hybridized carbons (Fsp3) is 0.357. The highest BCUT2D eigenvalue weighted by atomic mass is 16.5. The third-order valence-corrected chi connectivity index (χ3v) is 6.38. The quantitative estimate of drug-likeness (QED) is 0.628. The molecule has 0 radical (unpaired) electrons. The average molecular weight is 446 g/mol. The third-order valence-electron chi connectivity index (χ3n) is 6.38. The highest BCUT2D eigenvalue weighted by Gasteiger charge is 2.43. The molecule has 0 fully saturated rings. The van der Waals surface area contributed by atoms with Gasteiger partial charge in [-0.3, -0.25) is 4.79 Å². The minimum absolute atomic E-state index is 0.0802. The summed E-state index contributed by atoms with van der Waals surface area (Å²) in [5.74, 6) is -0.0387. The van der Waals surface area contributed by atoms with E-state index in [1.807, 2.05) is 61.5 Å². The fourth-order valence-corrected chi connectivity index (χ4v) is 4.82. The monoisotopic (exact) mass is 445 g/mol. The molecule has 0 spiro atoms. The Morgan fingerprint density at radius 3 is 2.42 bits per heavy atom. The van der Waals surface area contributed by atoms with E-state index in [9.17, 15) is 9.59 Å². The molecule has 33 heavy (non-hydrogen) atoms. The Balaban J connectivity index is 1.66. The molecule has 2 aliphatic rings. The summed E-state index contributed by atoms with van der Waals surface area (Å²) in [6.07, 6.45) is 1.85. The van der Waals surface area contributed by atoms with Crippen molar-refractivity contribution in [1.82, 2.24) is 5.32 Å². The van der Waals surface area contributed by atoms with Gasteiger partial charge < -0.3 is 14.8 Å². The average Bonchev–Trinajstić information content (AvgIpc) is 2.78. The molecule has 2 aromatic carbocycles. The Morgan fingerprint density at radius 2 is 1.76 bits per heavy atom. The summed E-state index contributed by atoms with van der Waals surface area (Å²) < 4.78 is 11.0. The van der Waals surface area contributed by atoms with Gasteiger partial charge >= 0.3 is 5.97 Å². The lowest BCUT2D eigenvalue weighted by molar-refractivity contribution is -0.139. The summed E-state index contributed by atoms with van der Waals surface area (Å²) >= 11 is 0. The predicted octanol–water partition coefficient (Wildman–Crippen LogP) is 5.09. The van der Waals surface area contributed by atoms with Gasteiger partial charge in [-0.05, 0) is 42.0 Å². The van der Waals surface area contributed by atoms with Crippen LogP contribution in [0.25, 0.3) is 0 Å². The van der Waals surface area contributed by atoms with Crippen molar-refractivity contribution in [2.24, 2.45) is 5.41 Å². The predicted molar refractivity (Wildman–Crippen MR) is 128 cm³/mol. The highest BCUT2D eigenvalue weighted by Crippen LogP contribution is 2.46. The molecule has 172 valence electrons. The molecule has 5 heteroatoms. The van der Waals surface area contributed by atoms with Crippen LogP contribution in [0.2, 0.25) is 0 Å². The van der Waals surface area contributed by atoms with Crippen LogP contribution in [0.5, 0.6) is 5.75 Å². The molecule has 1 aliphatic heterocycles. The van der Waals surface area contributed by atoms with Crippen LogP contribution < -0.4 is 10.1 Å². The topological polar surface area (TPSA) is 64.6 Å². The summed E-state index contributed by atoms with van der Waals surface area (Å²) in [7, 11) is 1.62. The Labute approximate surface area is 195 Å². The van der Waals surface area contributed by atoms with Crippen LogP contribution in [0.4, 0.5) is 0 Å². The van der Waals surface area contributed by atoms with Gasteiger partial charge in [-0.25, -0.2) is 4.79 Å². The lowest BCUT2D eigenvalue weighted by Gasteiger charge is -2.39. The number of esters is 1. The van der Waals surface area contributed by atoms with Crippen LogP contribution >= 0.6 is 0 Å². The van der Waals surface area contributed by atoms with Crippen molar-refractivity contribution < 1.29 is 19.1 Å². The first kappa shape index (κ1) is 22.8. The molecule has 1 aliphatic carbocycles. The van der Waals surface area contributed by atoms with Gasteiger partial charge in [-0.15, -0.1) is 0 Å². The van der Waals surface area contributed by atoms with Crippen molar-refractivity contribution in [3.05, 3.63) is 88.3 Å². The Hall–Kier alpha value is -3.34. The molecule has 1 unspecified atom stereocenters. The van der Waals surface area contributed by atoms with E-state index in [0.717, 1.165) is 34.7 Å². The van der Waals surface area contributed by atoms with Crippen LogP contribution in [0.1, 0.15) is 50.7 Å². The fourth-order valence-electron chi connectivity index (χ4n) is 4.82. The number of nitrogens with one attached hydrogen (secondary N) is 1. The Kier molecular flexibility index (Phi) is 6.41. The lowest BCUT2D eigenvalue weighted by atomic mass is 9.68. The number of ether oxygens (including phenoxy) is 2. The lowest BCUT2D eigenvalue weighted by Crippen LogP contribution is -2.38. The van der Waals surface area contributed by atoms with Crippen molar-refractivity contribution in [2.75, 3.05) is 13.7 Å². The van der Waals surface area contributed by atoms with E-state index in [-0.39, 0.29) is 23.8 Å². The summed E-state index contributed by atoms with van der Waals surface area (Å²) in [4.78, 5) is 26.7. The number of hydrogen-bond acceptors (Lipinski definition) is 5. The zero-order valence-corrected chi connectivity index (χ0v) is 19.7. The summed E-state index contributed by atoms with van der Waals surface area (Å²) in [5.41, 5.74) is 4.70. The summed E-state index contributed by atoms with van der Waals surface area (Å²) in [6, 6.07) is 17.5. The Morgan fingerprint density at radius 1 is 1.06 bits per heavy atom. The van der Waals surface area contributed by atoms with Gasteiger partial charge in [0.15, 0.2) is 5.78 Å². The number of hydrogen-bond donors (Lipinski definition) is 1. The van der Waals surface area contributed by atoms with E-state index in [0.29, 0.717) is 24.0 Å². The summed E-state index contributed by atoms with van der Waals surface area (Å²) in [5, 5.41) is 3.38. The van der Waals surface area contributed by atoms with Crippen LogP contribution in [0, 0.1) is 5.41 Å². The first-order chi connectivity index (χ1) is 15.8. The number of dihydropyridines is 1. The van der Waals surface area contributed by atoms with E-state index < -0.39 is 5.92 Å². The number of benzene rings is 2. The molecule has 2 aromatic rings. The first-order valence-corrected chi connectivity index (χ1v) is 11.4. The van der Waals surface area contributed by atoms with Gasteiger partial charge in [0.1, 0.15) is 5.75 Å². The maximum Gasteiger partial charge on any atom is 0.336 e. The van der Waals surface area contributed by atoms with E-state index >= 15 is 0 Å². The Bertz CT molecular complexity index is 1110. The number of carbonyl (C=O) groups is 2. The second-order valence-corrected chi connectivity index (χ2v) is 9.57. The first-order valence-electron chi connectivity index (χ1n) is 11.4. The van der Waals surface area contributed by atoms with Crippen LogP contribution in [0.15, 0.2) is 77.1 Å². The van der Waals surface area contributed by atoms with Gasteiger partial charge in [0.05, 0.1) is 19.3 Å². The molecular formula is C28H31NO4. The molecular weight excluding hydrogens is 414 g/mol. The van der Waals surface area contributed by atoms with Crippen molar-refractivity contribution in [2.45, 2.75) is 46.0 Å². The van der Waals surface area contributed by atoms with Crippen molar-refractivity contribution in [3.63, 3.8) is 0 Å². The van der Waals surface area contributed by atoms with E-state index in [2.05, 4.69) is 19.2 Å². The number of carbonyl (C=O) groups excluding carboxylic acids is 2. The SMILES string of the molecule is COc1ccc(C2C(C(=O)OCCc3ccccc3)=C(C)NC3=C2C(=O)CC(C)(C)C3)cc1. The molecule has 0 saturated heterocycles. The van der Waals surface area contributed by atoms with E-state index in [1.165, 1.54) is 0 Å². The molecule has 5 nitrogen and oxygen atoms in total. The number of rotatable bonds is 6. The van der Waals surface area contributed by atoms with Crippen molar-refractivity contribution in [3.8, 4) is 5.75 Å². The standard InChI is InChI=1S/C28H31NO4/c1-18-24(27(31)33-15-14-19-8-6-5-7-9-19)25(20-10-12-21(32-4)13-11-20)26-22(29-18)16-28(2,3)17-23(26)30/h5-13,25,29H,14-17H2,1-4H3. The largest absolute Gasteiger partial charge is 0.497 e. The molecule has 4 rings (SSSR count). The third kappa shape index (κ3) is 4.87. The molecule has 0 saturated carbocycles. The minimum atomic E-state index is -0.458. The van der Waals surface area contributed by atoms with Gasteiger partial charge in [0, 0.05) is 35.7 Å². The zero-order chi connectivity index (χ0) is 23.6. The molecule has 1 atom stereocenters. The van der Waals surface area contributed by atoms with E-state index in [4.69, 9.17) is 9.47 Å². The van der Waals surface area contributed by atoms with Crippen LogP contribution in [-0.2, 0) is 20.7 Å². The molecule has 1 N–H and O–H groups in total. The van der Waals surface area contributed by atoms with E-state index in [1.54, 1.807) is 7.11 Å². The maximum atomic E-state index is 13.3. The van der Waals surface area contributed by atoms with Gasteiger partial charge in [0.2, 0.25) is 0 Å². The van der Waals surface area contributed by atoms with Crippen molar-refractivity contribution in [1.29, 1.82) is 0 Å². The minimum Gasteiger partial charge on any atom is -0.497 e. The van der Waals surface area contributed by atoms with Crippen molar-refractivity contribution >= 4 is 11.8 Å². The second kappa shape index (κ2) is 9.26. The number of methoxy groups -OCH3 is 1. The number of Topliss-reactive ketones (excluding diaryl/α,β-unsaturated/α-hetero) is 1. The molecule has 1 heterocycles. The van der Waals surface area contributed by atoms with Gasteiger partial charge in [0.25, 0.3) is 0 Å². The summed E-state index contributed by atoms with van der Waals surface area (Å²) in [6.45, 7) is 6.37. The molecule has 0 bridgehead atoms. The maximum absolute atomic E-state index is 13.3. The normalized spacial score (nSPS) is 19.6. The van der Waals surface area contributed by atoms with Crippen LogP contribution in [0.3, 0.4) is 0 Å². The molecule has 0 amide bonds. The highest BCUT2D eigenvalue weighted by molar-refractivity contribution is 6.04.